The first-order chi connectivity index (χ1) is 8.25. The van der Waals surface area contributed by atoms with Crippen molar-refractivity contribution in [3.8, 4) is 0 Å². The van der Waals surface area contributed by atoms with Gasteiger partial charge in [-0.05, 0) is 37.6 Å². The number of rotatable bonds is 1. The van der Waals surface area contributed by atoms with Crippen LogP contribution in [0.2, 0.25) is 0 Å². The Balaban J connectivity index is 1.64. The predicted octanol–water partition coefficient (Wildman–Crippen LogP) is 2.59. The molecule has 1 saturated carbocycles. The van der Waals surface area contributed by atoms with Gasteiger partial charge in [-0.15, -0.1) is 0 Å². The Hall–Kier alpha value is -0.0800. The molecule has 98 valence electrons. The summed E-state index contributed by atoms with van der Waals surface area (Å²) in [6.45, 7) is 10.4. The molecule has 2 heteroatoms. The predicted molar refractivity (Wildman–Crippen MR) is 72.1 cm³/mol. The SMILES string of the molecule is CC1CCCC(N2CCN3CCCC3C2)C1C. The molecule has 4 unspecified atom stereocenters. The molecule has 2 saturated heterocycles. The Morgan fingerprint density at radius 3 is 2.53 bits per heavy atom. The average molecular weight is 236 g/mol. The van der Waals surface area contributed by atoms with Crippen LogP contribution in [0.3, 0.4) is 0 Å². The first-order valence-corrected chi connectivity index (χ1v) is 7.74. The quantitative estimate of drug-likeness (QED) is 0.690. The fourth-order valence-corrected chi connectivity index (χ4v) is 4.39. The molecule has 0 amide bonds. The van der Waals surface area contributed by atoms with Crippen LogP contribution in [0, 0.1) is 11.8 Å². The van der Waals surface area contributed by atoms with Crippen LogP contribution in [0.5, 0.6) is 0 Å². The maximum absolute atomic E-state index is 2.84. The van der Waals surface area contributed by atoms with E-state index in [4.69, 9.17) is 0 Å². The smallest absolute Gasteiger partial charge is 0.0224 e. The third-order valence-electron chi connectivity index (χ3n) is 5.75. The van der Waals surface area contributed by atoms with Crippen molar-refractivity contribution in [3.63, 3.8) is 0 Å². The van der Waals surface area contributed by atoms with E-state index in [0.717, 1.165) is 23.9 Å². The van der Waals surface area contributed by atoms with Crippen molar-refractivity contribution in [1.82, 2.24) is 9.80 Å². The third-order valence-corrected chi connectivity index (χ3v) is 5.75. The summed E-state index contributed by atoms with van der Waals surface area (Å²) < 4.78 is 0. The Morgan fingerprint density at radius 2 is 1.65 bits per heavy atom. The fourth-order valence-electron chi connectivity index (χ4n) is 4.39. The minimum Gasteiger partial charge on any atom is -0.298 e. The summed E-state index contributed by atoms with van der Waals surface area (Å²) in [5, 5.41) is 0. The molecule has 3 rings (SSSR count). The van der Waals surface area contributed by atoms with E-state index in [1.807, 2.05) is 0 Å². The van der Waals surface area contributed by atoms with E-state index < -0.39 is 0 Å². The largest absolute Gasteiger partial charge is 0.298 e. The summed E-state index contributed by atoms with van der Waals surface area (Å²) in [6, 6.07) is 1.79. The average Bonchev–Trinajstić information content (AvgIpc) is 2.79. The zero-order valence-corrected chi connectivity index (χ0v) is 11.6. The lowest BCUT2D eigenvalue weighted by molar-refractivity contribution is 0.0216. The topological polar surface area (TPSA) is 6.48 Å². The van der Waals surface area contributed by atoms with Gasteiger partial charge in [-0.25, -0.2) is 0 Å². The van der Waals surface area contributed by atoms with Crippen LogP contribution in [0.15, 0.2) is 0 Å². The summed E-state index contributed by atoms with van der Waals surface area (Å²) in [7, 11) is 0. The van der Waals surface area contributed by atoms with Crippen LogP contribution in [-0.4, -0.2) is 48.1 Å². The lowest BCUT2D eigenvalue weighted by atomic mass is 9.77. The van der Waals surface area contributed by atoms with Crippen LogP contribution < -0.4 is 0 Å². The molecule has 0 aromatic heterocycles. The Morgan fingerprint density at radius 1 is 0.824 bits per heavy atom. The number of nitrogens with zero attached hydrogens (tertiary/aromatic N) is 2. The molecule has 2 nitrogen and oxygen atoms in total. The summed E-state index contributed by atoms with van der Waals surface area (Å²) in [4.78, 5) is 5.57. The lowest BCUT2D eigenvalue weighted by Crippen LogP contribution is -2.56. The van der Waals surface area contributed by atoms with Crippen LogP contribution in [0.4, 0.5) is 0 Å². The molecule has 0 aromatic rings. The zero-order valence-electron chi connectivity index (χ0n) is 11.6. The van der Waals surface area contributed by atoms with Crippen LogP contribution in [0.25, 0.3) is 0 Å². The molecule has 0 spiro atoms. The monoisotopic (exact) mass is 236 g/mol. The van der Waals surface area contributed by atoms with Gasteiger partial charge in [0.25, 0.3) is 0 Å². The standard InChI is InChI=1S/C15H28N2/c1-12-5-3-7-15(13(12)2)17-10-9-16-8-4-6-14(16)11-17/h12-15H,3-11H2,1-2H3. The summed E-state index contributed by atoms with van der Waals surface area (Å²) in [5.74, 6) is 1.85. The highest BCUT2D eigenvalue weighted by molar-refractivity contribution is 4.92. The number of piperazine rings is 1. The normalized spacial score (nSPS) is 44.8. The van der Waals surface area contributed by atoms with E-state index in [9.17, 15) is 0 Å². The van der Waals surface area contributed by atoms with Gasteiger partial charge >= 0.3 is 0 Å². The van der Waals surface area contributed by atoms with E-state index in [-0.39, 0.29) is 0 Å². The number of hydrogen-bond acceptors (Lipinski definition) is 2. The number of fused-ring (bicyclic) bond motifs is 1. The zero-order chi connectivity index (χ0) is 11.8. The maximum Gasteiger partial charge on any atom is 0.0224 e. The second kappa shape index (κ2) is 4.89. The molecule has 2 heterocycles. The minimum atomic E-state index is 0.890. The molecule has 0 N–H and O–H groups in total. The van der Waals surface area contributed by atoms with Crippen molar-refractivity contribution in [3.05, 3.63) is 0 Å². The van der Waals surface area contributed by atoms with Gasteiger partial charge in [-0.2, -0.15) is 0 Å². The second-order valence-corrected chi connectivity index (χ2v) is 6.66. The highest BCUT2D eigenvalue weighted by Crippen LogP contribution is 2.34. The van der Waals surface area contributed by atoms with Gasteiger partial charge in [0.15, 0.2) is 0 Å². The molecule has 4 atom stereocenters. The molecule has 0 radical (unpaired) electrons. The van der Waals surface area contributed by atoms with Gasteiger partial charge in [0.1, 0.15) is 0 Å². The van der Waals surface area contributed by atoms with E-state index in [1.54, 1.807) is 0 Å². The van der Waals surface area contributed by atoms with Crippen molar-refractivity contribution in [1.29, 1.82) is 0 Å². The highest BCUT2D eigenvalue weighted by atomic mass is 15.3. The Kier molecular flexibility index (Phi) is 3.45. The number of hydrogen-bond donors (Lipinski definition) is 0. The van der Waals surface area contributed by atoms with Crippen LogP contribution >= 0.6 is 0 Å². The molecule has 3 aliphatic rings. The molecule has 0 aromatic carbocycles. The van der Waals surface area contributed by atoms with Crippen LogP contribution in [-0.2, 0) is 0 Å². The fraction of sp³-hybridized carbons (Fsp3) is 1.00. The summed E-state index contributed by atoms with van der Waals surface area (Å²) in [5.41, 5.74) is 0. The van der Waals surface area contributed by atoms with Crippen molar-refractivity contribution >= 4 is 0 Å². The van der Waals surface area contributed by atoms with Crippen molar-refractivity contribution < 1.29 is 0 Å². The van der Waals surface area contributed by atoms with Gasteiger partial charge < -0.3 is 0 Å². The molecular weight excluding hydrogens is 208 g/mol. The van der Waals surface area contributed by atoms with E-state index in [2.05, 4.69) is 23.6 Å². The van der Waals surface area contributed by atoms with E-state index in [1.165, 1.54) is 58.3 Å². The van der Waals surface area contributed by atoms with E-state index in [0.29, 0.717) is 0 Å². The lowest BCUT2D eigenvalue weighted by Gasteiger charge is -2.46. The molecule has 3 fully saturated rings. The van der Waals surface area contributed by atoms with Crippen molar-refractivity contribution in [2.45, 2.75) is 58.0 Å². The van der Waals surface area contributed by atoms with Crippen molar-refractivity contribution in [2.75, 3.05) is 26.2 Å². The van der Waals surface area contributed by atoms with Crippen molar-refractivity contribution in [2.24, 2.45) is 11.8 Å². The summed E-state index contributed by atoms with van der Waals surface area (Å²) in [6.07, 6.45) is 7.27. The molecule has 2 aliphatic heterocycles. The van der Waals surface area contributed by atoms with Gasteiger partial charge in [-0.1, -0.05) is 26.7 Å². The molecular formula is C15H28N2. The van der Waals surface area contributed by atoms with Gasteiger partial charge in [0.05, 0.1) is 0 Å². The third kappa shape index (κ3) is 2.26. The second-order valence-electron chi connectivity index (χ2n) is 6.66. The Bertz CT molecular complexity index is 266. The maximum atomic E-state index is 2.84. The molecule has 1 aliphatic carbocycles. The van der Waals surface area contributed by atoms with Gasteiger partial charge in [0.2, 0.25) is 0 Å². The van der Waals surface area contributed by atoms with E-state index >= 15 is 0 Å². The van der Waals surface area contributed by atoms with Gasteiger partial charge in [-0.3, -0.25) is 9.80 Å². The molecule has 0 bridgehead atoms. The highest BCUT2D eigenvalue weighted by Gasteiger charge is 2.37. The van der Waals surface area contributed by atoms with Crippen LogP contribution in [0.1, 0.15) is 46.0 Å². The first-order valence-electron chi connectivity index (χ1n) is 7.74. The Labute approximate surface area is 106 Å². The summed E-state index contributed by atoms with van der Waals surface area (Å²) >= 11 is 0. The molecule has 17 heavy (non-hydrogen) atoms. The minimum absolute atomic E-state index is 0.890. The first kappa shape index (κ1) is 12.0. The van der Waals surface area contributed by atoms with Gasteiger partial charge in [0, 0.05) is 31.7 Å².